The first-order valence-corrected chi connectivity index (χ1v) is 4.07. The number of hydrogen-bond donors (Lipinski definition) is 0. The Morgan fingerprint density at radius 3 is 1.83 bits per heavy atom. The van der Waals surface area contributed by atoms with Crippen molar-refractivity contribution in [3.8, 4) is 0 Å². The molecule has 0 rings (SSSR count). The molecule has 0 saturated heterocycles. The van der Waals surface area contributed by atoms with E-state index in [4.69, 9.17) is 0 Å². The van der Waals surface area contributed by atoms with Crippen LogP contribution in [-0.4, -0.2) is 37.5 Å². The third-order valence-electron chi connectivity index (χ3n) is 1.47. The summed E-state index contributed by atoms with van der Waals surface area (Å²) in [5.74, 6) is -8.72. The highest BCUT2D eigenvalue weighted by Crippen LogP contribution is 2.39. The normalized spacial score (nSPS) is 15.6. The van der Waals surface area contributed by atoms with Gasteiger partial charge in [0, 0.05) is 12.2 Å². The standard InChI is InChI=1S/C8H6F6O4/c1-17-4(15)2-3-5(16)18-7(11,6(9)10)8(12,13)14/h2-3,6H,1H3/b3-2+. The van der Waals surface area contributed by atoms with Gasteiger partial charge in [-0.15, -0.1) is 0 Å². The zero-order valence-electron chi connectivity index (χ0n) is 8.63. The molecule has 0 fully saturated rings. The summed E-state index contributed by atoms with van der Waals surface area (Å²) in [5, 5.41) is 0. The number of methoxy groups -OCH3 is 1. The maximum atomic E-state index is 12.8. The average molecular weight is 280 g/mol. The van der Waals surface area contributed by atoms with Gasteiger partial charge in [0.2, 0.25) is 0 Å². The highest BCUT2D eigenvalue weighted by atomic mass is 19.4. The fourth-order valence-electron chi connectivity index (χ4n) is 0.611. The van der Waals surface area contributed by atoms with Gasteiger partial charge in [-0.05, 0) is 0 Å². The van der Waals surface area contributed by atoms with Gasteiger partial charge >= 0.3 is 30.4 Å². The van der Waals surface area contributed by atoms with Gasteiger partial charge < -0.3 is 9.47 Å². The van der Waals surface area contributed by atoms with Gasteiger partial charge in [-0.3, -0.25) is 0 Å². The Balaban J connectivity index is 4.88. The molecule has 1 atom stereocenters. The third-order valence-corrected chi connectivity index (χ3v) is 1.47. The number of carbonyl (C=O) groups is 2. The molecule has 0 radical (unpaired) electrons. The van der Waals surface area contributed by atoms with Crippen LogP contribution in [0.15, 0.2) is 12.2 Å². The second kappa shape index (κ2) is 5.74. The maximum absolute atomic E-state index is 12.8. The first-order valence-electron chi connectivity index (χ1n) is 4.07. The summed E-state index contributed by atoms with van der Waals surface area (Å²) in [7, 11) is 0.881. The van der Waals surface area contributed by atoms with Crippen LogP contribution in [0.2, 0.25) is 0 Å². The van der Waals surface area contributed by atoms with Crippen LogP contribution in [0.5, 0.6) is 0 Å². The number of carbonyl (C=O) groups excluding carboxylic acids is 2. The van der Waals surface area contributed by atoms with Crippen LogP contribution < -0.4 is 0 Å². The molecule has 18 heavy (non-hydrogen) atoms. The summed E-state index contributed by atoms with van der Waals surface area (Å²) in [6, 6.07) is 0. The second-order valence-corrected chi connectivity index (χ2v) is 2.72. The van der Waals surface area contributed by atoms with Crippen LogP contribution in [-0.2, 0) is 19.1 Å². The molecule has 0 aliphatic rings. The Labute approximate surface area is 96.1 Å². The van der Waals surface area contributed by atoms with Gasteiger partial charge in [-0.25, -0.2) is 18.4 Å². The number of ether oxygens (including phenoxy) is 2. The quantitative estimate of drug-likeness (QED) is 0.447. The van der Waals surface area contributed by atoms with E-state index in [0.29, 0.717) is 0 Å². The number of alkyl halides is 6. The van der Waals surface area contributed by atoms with Crippen molar-refractivity contribution in [2.75, 3.05) is 7.11 Å². The van der Waals surface area contributed by atoms with Gasteiger partial charge in [0.15, 0.2) is 0 Å². The Kier molecular flexibility index (Phi) is 5.18. The van der Waals surface area contributed by atoms with Crippen molar-refractivity contribution < 1.29 is 45.4 Å². The van der Waals surface area contributed by atoms with Crippen molar-refractivity contribution in [2.45, 2.75) is 18.5 Å². The summed E-state index contributed by atoms with van der Waals surface area (Å²) < 4.78 is 79.4. The minimum absolute atomic E-state index is 0.0221. The van der Waals surface area contributed by atoms with Crippen LogP contribution in [0.1, 0.15) is 0 Å². The topological polar surface area (TPSA) is 52.6 Å². The Bertz CT molecular complexity index is 350. The molecule has 4 nitrogen and oxygen atoms in total. The smallest absolute Gasteiger partial charge is 0.466 e. The summed E-state index contributed by atoms with van der Waals surface area (Å²) >= 11 is 0. The Morgan fingerprint density at radius 1 is 1.06 bits per heavy atom. The molecule has 0 aromatic rings. The molecular formula is C8H6F6O4. The first kappa shape index (κ1) is 16.3. The van der Waals surface area contributed by atoms with Crippen LogP contribution in [0, 0.1) is 0 Å². The first-order chi connectivity index (χ1) is 8.04. The van der Waals surface area contributed by atoms with E-state index in [2.05, 4.69) is 9.47 Å². The lowest BCUT2D eigenvalue weighted by molar-refractivity contribution is -0.354. The average Bonchev–Trinajstić information content (AvgIpc) is 2.23. The monoisotopic (exact) mass is 280 g/mol. The van der Waals surface area contributed by atoms with Crippen molar-refractivity contribution in [3.63, 3.8) is 0 Å². The number of rotatable bonds is 4. The minimum Gasteiger partial charge on any atom is -0.466 e. The molecule has 0 spiro atoms. The Morgan fingerprint density at radius 2 is 1.50 bits per heavy atom. The number of halogens is 6. The van der Waals surface area contributed by atoms with Crippen molar-refractivity contribution >= 4 is 11.9 Å². The molecular weight excluding hydrogens is 274 g/mol. The van der Waals surface area contributed by atoms with E-state index in [1.54, 1.807) is 0 Å². The van der Waals surface area contributed by atoms with Gasteiger partial charge in [0.25, 0.3) is 0 Å². The highest BCUT2D eigenvalue weighted by Gasteiger charge is 2.66. The van der Waals surface area contributed by atoms with Crippen molar-refractivity contribution in [2.24, 2.45) is 0 Å². The van der Waals surface area contributed by atoms with E-state index in [-0.39, 0.29) is 12.2 Å². The number of esters is 2. The van der Waals surface area contributed by atoms with Crippen LogP contribution in [0.3, 0.4) is 0 Å². The predicted octanol–water partition coefficient (Wildman–Crippen LogP) is 1.75. The molecule has 0 aromatic carbocycles. The zero-order valence-corrected chi connectivity index (χ0v) is 8.63. The lowest BCUT2D eigenvalue weighted by atomic mass is 10.3. The summed E-state index contributed by atoms with van der Waals surface area (Å²) in [4.78, 5) is 21.1. The predicted molar refractivity (Wildman–Crippen MR) is 43.1 cm³/mol. The second-order valence-electron chi connectivity index (χ2n) is 2.72. The van der Waals surface area contributed by atoms with Crippen LogP contribution in [0.4, 0.5) is 26.3 Å². The number of hydrogen-bond acceptors (Lipinski definition) is 4. The highest BCUT2D eigenvalue weighted by molar-refractivity contribution is 5.91. The zero-order chi connectivity index (χ0) is 14.6. The SMILES string of the molecule is COC(=O)/C=C/C(=O)OC(F)(C(F)F)C(F)(F)F. The van der Waals surface area contributed by atoms with E-state index in [0.717, 1.165) is 7.11 Å². The largest absolute Gasteiger partial charge is 0.466 e. The molecule has 0 aliphatic carbocycles. The summed E-state index contributed by atoms with van der Waals surface area (Å²) in [6.45, 7) is 0. The fourth-order valence-corrected chi connectivity index (χ4v) is 0.611. The van der Waals surface area contributed by atoms with E-state index in [1.165, 1.54) is 0 Å². The molecule has 0 saturated carbocycles. The molecule has 0 bridgehead atoms. The van der Waals surface area contributed by atoms with E-state index >= 15 is 0 Å². The molecule has 0 heterocycles. The molecule has 104 valence electrons. The van der Waals surface area contributed by atoms with Crippen molar-refractivity contribution in [3.05, 3.63) is 12.2 Å². The maximum Gasteiger partial charge on any atom is 0.466 e. The molecule has 0 aliphatic heterocycles. The fraction of sp³-hybridized carbons (Fsp3) is 0.500. The molecule has 1 unspecified atom stereocenters. The lowest BCUT2D eigenvalue weighted by Gasteiger charge is -2.25. The van der Waals surface area contributed by atoms with Gasteiger partial charge in [0.1, 0.15) is 0 Å². The van der Waals surface area contributed by atoms with Crippen LogP contribution in [0.25, 0.3) is 0 Å². The van der Waals surface area contributed by atoms with Gasteiger partial charge in [-0.2, -0.15) is 17.6 Å². The third kappa shape index (κ3) is 3.93. The van der Waals surface area contributed by atoms with Crippen molar-refractivity contribution in [1.82, 2.24) is 0 Å². The molecule has 10 heteroatoms. The lowest BCUT2D eigenvalue weighted by Crippen LogP contribution is -2.50. The van der Waals surface area contributed by atoms with Gasteiger partial charge in [0.05, 0.1) is 7.11 Å². The van der Waals surface area contributed by atoms with E-state index in [9.17, 15) is 35.9 Å². The summed E-state index contributed by atoms with van der Waals surface area (Å²) in [5.41, 5.74) is 0. The molecule has 0 aromatic heterocycles. The van der Waals surface area contributed by atoms with E-state index in [1.807, 2.05) is 0 Å². The van der Waals surface area contributed by atoms with E-state index < -0.39 is 30.4 Å². The molecule has 0 N–H and O–H groups in total. The van der Waals surface area contributed by atoms with Crippen LogP contribution >= 0.6 is 0 Å². The van der Waals surface area contributed by atoms with Gasteiger partial charge in [-0.1, -0.05) is 0 Å². The summed E-state index contributed by atoms with van der Waals surface area (Å²) in [6.07, 6.45) is -10.4. The molecule has 0 amide bonds. The van der Waals surface area contributed by atoms with Crippen molar-refractivity contribution in [1.29, 1.82) is 0 Å². The minimum atomic E-state index is -6.12. The Hall–Kier alpha value is -1.74.